The fraction of sp³-hybridized carbons (Fsp3) is 0.588. The SMILES string of the molecule is CCC1CCC(N(C)C(=O)c2cc(OC)ccc2Br)CC1. The predicted octanol–water partition coefficient (Wildman–Crippen LogP) is 4.50. The van der Waals surface area contributed by atoms with Gasteiger partial charge in [-0.15, -0.1) is 0 Å². The Labute approximate surface area is 135 Å². The Balaban J connectivity index is 2.09. The Bertz CT molecular complexity index is 496. The van der Waals surface area contributed by atoms with Gasteiger partial charge in [-0.2, -0.15) is 0 Å². The Kier molecular flexibility index (Phi) is 5.68. The molecule has 0 atom stereocenters. The van der Waals surface area contributed by atoms with Crippen molar-refractivity contribution >= 4 is 21.8 Å². The number of benzene rings is 1. The molecule has 21 heavy (non-hydrogen) atoms. The molecule has 1 saturated carbocycles. The summed E-state index contributed by atoms with van der Waals surface area (Å²) in [6.45, 7) is 2.26. The third-order valence-electron chi connectivity index (χ3n) is 4.67. The van der Waals surface area contributed by atoms with Crippen LogP contribution in [0.15, 0.2) is 22.7 Å². The summed E-state index contributed by atoms with van der Waals surface area (Å²) in [5.74, 6) is 1.62. The molecule has 1 aromatic rings. The summed E-state index contributed by atoms with van der Waals surface area (Å²) in [5.41, 5.74) is 0.675. The molecular formula is C17H24BrNO2. The maximum absolute atomic E-state index is 12.7. The Morgan fingerprint density at radius 3 is 2.57 bits per heavy atom. The fourth-order valence-electron chi connectivity index (χ4n) is 3.09. The second-order valence-corrected chi connectivity index (χ2v) is 6.70. The van der Waals surface area contributed by atoms with E-state index in [-0.39, 0.29) is 5.91 Å². The van der Waals surface area contributed by atoms with Gasteiger partial charge in [0, 0.05) is 17.6 Å². The number of carbonyl (C=O) groups excluding carboxylic acids is 1. The molecule has 0 aromatic heterocycles. The second-order valence-electron chi connectivity index (χ2n) is 5.84. The third kappa shape index (κ3) is 3.79. The van der Waals surface area contributed by atoms with Crippen LogP contribution in [0.2, 0.25) is 0 Å². The number of ether oxygens (including phenoxy) is 1. The van der Waals surface area contributed by atoms with Crippen LogP contribution in [-0.4, -0.2) is 31.0 Å². The van der Waals surface area contributed by atoms with E-state index in [9.17, 15) is 4.79 Å². The number of rotatable bonds is 4. The molecule has 1 aliphatic rings. The smallest absolute Gasteiger partial charge is 0.255 e. The average molecular weight is 354 g/mol. The Hall–Kier alpha value is -1.03. The van der Waals surface area contributed by atoms with Crippen molar-refractivity contribution in [1.29, 1.82) is 0 Å². The molecule has 0 unspecified atom stereocenters. The van der Waals surface area contributed by atoms with E-state index in [4.69, 9.17) is 4.74 Å². The molecule has 1 fully saturated rings. The Morgan fingerprint density at radius 2 is 2.00 bits per heavy atom. The molecule has 0 radical (unpaired) electrons. The minimum atomic E-state index is 0.0701. The van der Waals surface area contributed by atoms with E-state index < -0.39 is 0 Å². The minimum Gasteiger partial charge on any atom is -0.497 e. The summed E-state index contributed by atoms with van der Waals surface area (Å²) < 4.78 is 6.04. The zero-order valence-electron chi connectivity index (χ0n) is 13.1. The number of carbonyl (C=O) groups is 1. The van der Waals surface area contributed by atoms with Gasteiger partial charge in [0.2, 0.25) is 0 Å². The molecule has 3 nitrogen and oxygen atoms in total. The Morgan fingerprint density at radius 1 is 1.33 bits per heavy atom. The quantitative estimate of drug-likeness (QED) is 0.797. The van der Waals surface area contributed by atoms with Gasteiger partial charge in [-0.3, -0.25) is 4.79 Å². The van der Waals surface area contributed by atoms with Gasteiger partial charge in [0.05, 0.1) is 12.7 Å². The summed E-state index contributed by atoms with van der Waals surface area (Å²) in [6.07, 6.45) is 5.95. The number of hydrogen-bond donors (Lipinski definition) is 0. The van der Waals surface area contributed by atoms with Crippen molar-refractivity contribution in [3.05, 3.63) is 28.2 Å². The van der Waals surface area contributed by atoms with Crippen LogP contribution in [0.4, 0.5) is 0 Å². The van der Waals surface area contributed by atoms with E-state index in [1.165, 1.54) is 19.3 Å². The van der Waals surface area contributed by atoms with Crippen molar-refractivity contribution < 1.29 is 9.53 Å². The van der Waals surface area contributed by atoms with E-state index in [1.54, 1.807) is 13.2 Å². The van der Waals surface area contributed by atoms with E-state index >= 15 is 0 Å². The van der Waals surface area contributed by atoms with Crippen LogP contribution in [0, 0.1) is 5.92 Å². The van der Waals surface area contributed by atoms with Crippen LogP contribution in [0.1, 0.15) is 49.4 Å². The maximum atomic E-state index is 12.7. The minimum absolute atomic E-state index is 0.0701. The van der Waals surface area contributed by atoms with Crippen LogP contribution < -0.4 is 4.74 Å². The van der Waals surface area contributed by atoms with Crippen molar-refractivity contribution in [1.82, 2.24) is 4.90 Å². The van der Waals surface area contributed by atoms with Gasteiger partial charge in [-0.1, -0.05) is 13.3 Å². The zero-order valence-corrected chi connectivity index (χ0v) is 14.6. The van der Waals surface area contributed by atoms with Crippen LogP contribution >= 0.6 is 15.9 Å². The third-order valence-corrected chi connectivity index (χ3v) is 5.36. The first kappa shape index (κ1) is 16.3. The van der Waals surface area contributed by atoms with E-state index in [0.717, 1.165) is 23.2 Å². The van der Waals surface area contributed by atoms with E-state index in [1.807, 2.05) is 24.1 Å². The lowest BCUT2D eigenvalue weighted by Crippen LogP contribution is -2.39. The van der Waals surface area contributed by atoms with E-state index in [2.05, 4.69) is 22.9 Å². The molecular weight excluding hydrogens is 330 g/mol. The number of hydrogen-bond acceptors (Lipinski definition) is 2. The van der Waals surface area contributed by atoms with Gasteiger partial charge in [-0.25, -0.2) is 0 Å². The number of nitrogens with zero attached hydrogens (tertiary/aromatic N) is 1. The maximum Gasteiger partial charge on any atom is 0.255 e. The molecule has 116 valence electrons. The van der Waals surface area contributed by atoms with Crippen molar-refractivity contribution in [3.8, 4) is 5.75 Å². The van der Waals surface area contributed by atoms with Crippen molar-refractivity contribution in [2.24, 2.45) is 5.92 Å². The summed E-state index contributed by atoms with van der Waals surface area (Å²) in [5, 5.41) is 0. The molecule has 2 rings (SSSR count). The number of amides is 1. The molecule has 0 bridgehead atoms. The van der Waals surface area contributed by atoms with E-state index in [0.29, 0.717) is 17.4 Å². The highest BCUT2D eigenvalue weighted by Crippen LogP contribution is 2.31. The van der Waals surface area contributed by atoms with Gasteiger partial charge >= 0.3 is 0 Å². The molecule has 1 amide bonds. The summed E-state index contributed by atoms with van der Waals surface area (Å²) in [6, 6.07) is 5.89. The van der Waals surface area contributed by atoms with Crippen molar-refractivity contribution in [3.63, 3.8) is 0 Å². The fourth-order valence-corrected chi connectivity index (χ4v) is 3.51. The predicted molar refractivity (Wildman–Crippen MR) is 88.8 cm³/mol. The van der Waals surface area contributed by atoms with Crippen LogP contribution in [0.5, 0.6) is 5.75 Å². The highest BCUT2D eigenvalue weighted by atomic mass is 79.9. The molecule has 0 heterocycles. The summed E-state index contributed by atoms with van der Waals surface area (Å²) in [7, 11) is 3.54. The average Bonchev–Trinajstić information content (AvgIpc) is 2.54. The molecule has 4 heteroatoms. The van der Waals surface area contributed by atoms with Gasteiger partial charge < -0.3 is 9.64 Å². The van der Waals surface area contributed by atoms with Crippen LogP contribution in [0.25, 0.3) is 0 Å². The topological polar surface area (TPSA) is 29.5 Å². The lowest BCUT2D eigenvalue weighted by molar-refractivity contribution is 0.0673. The lowest BCUT2D eigenvalue weighted by Gasteiger charge is -2.34. The zero-order chi connectivity index (χ0) is 15.4. The first-order valence-corrected chi connectivity index (χ1v) is 8.46. The van der Waals surface area contributed by atoms with Crippen molar-refractivity contribution in [2.45, 2.75) is 45.1 Å². The highest BCUT2D eigenvalue weighted by Gasteiger charge is 2.27. The normalized spacial score (nSPS) is 21.9. The number of methoxy groups -OCH3 is 1. The van der Waals surface area contributed by atoms with Gasteiger partial charge in [0.25, 0.3) is 5.91 Å². The van der Waals surface area contributed by atoms with Crippen molar-refractivity contribution in [2.75, 3.05) is 14.2 Å². The van der Waals surface area contributed by atoms with Gasteiger partial charge in [0.15, 0.2) is 0 Å². The second kappa shape index (κ2) is 7.30. The lowest BCUT2D eigenvalue weighted by atomic mass is 9.84. The molecule has 0 saturated heterocycles. The van der Waals surface area contributed by atoms with Gasteiger partial charge in [-0.05, 0) is 65.7 Å². The summed E-state index contributed by atoms with van der Waals surface area (Å²) in [4.78, 5) is 14.6. The first-order chi connectivity index (χ1) is 10.1. The molecule has 1 aliphatic carbocycles. The van der Waals surface area contributed by atoms with Gasteiger partial charge in [0.1, 0.15) is 5.75 Å². The molecule has 0 spiro atoms. The monoisotopic (exact) mass is 353 g/mol. The highest BCUT2D eigenvalue weighted by molar-refractivity contribution is 9.10. The van der Waals surface area contributed by atoms with Crippen LogP contribution in [0.3, 0.4) is 0 Å². The molecule has 0 aliphatic heterocycles. The van der Waals surface area contributed by atoms with Crippen LogP contribution in [-0.2, 0) is 0 Å². The number of halogens is 1. The largest absolute Gasteiger partial charge is 0.497 e. The molecule has 0 N–H and O–H groups in total. The molecule has 1 aromatic carbocycles. The first-order valence-electron chi connectivity index (χ1n) is 7.67. The summed E-state index contributed by atoms with van der Waals surface area (Å²) >= 11 is 3.47. The standard InChI is InChI=1S/C17H24BrNO2/c1-4-12-5-7-13(8-6-12)19(2)17(20)15-11-14(21-3)9-10-16(15)18/h9-13H,4-8H2,1-3H3.